The summed E-state index contributed by atoms with van der Waals surface area (Å²) in [5.41, 5.74) is -0.472. The molecule has 90 valence electrons. The summed E-state index contributed by atoms with van der Waals surface area (Å²) in [6.07, 6.45) is 4.37. The summed E-state index contributed by atoms with van der Waals surface area (Å²) < 4.78 is 5.67. The highest BCUT2D eigenvalue weighted by Gasteiger charge is 2.12. The fraction of sp³-hybridized carbons (Fsp3) is 0.182. The van der Waals surface area contributed by atoms with Gasteiger partial charge in [0.2, 0.25) is 0 Å². The van der Waals surface area contributed by atoms with Crippen molar-refractivity contribution in [3.8, 4) is 0 Å². The van der Waals surface area contributed by atoms with Gasteiger partial charge in [-0.25, -0.2) is 9.48 Å². The zero-order chi connectivity index (χ0) is 12.8. The van der Waals surface area contributed by atoms with E-state index in [9.17, 15) is 9.59 Å². The lowest BCUT2D eigenvalue weighted by Crippen LogP contribution is -2.22. The Morgan fingerprint density at radius 2 is 2.41 bits per heavy atom. The average Bonchev–Trinajstić information content (AvgIpc) is 2.68. The Morgan fingerprint density at radius 3 is 3.00 bits per heavy atom. The first kappa shape index (κ1) is 12.7. The van der Waals surface area contributed by atoms with Gasteiger partial charge in [-0.05, 0) is 13.0 Å². The molecular weight excluding hydrogens is 222 g/mol. The Bertz CT molecular complexity index is 522. The molecule has 2 N–H and O–H groups in total. The normalized spacial score (nSPS) is 10.4. The van der Waals surface area contributed by atoms with Crippen LogP contribution in [0.25, 0.3) is 0 Å². The first-order chi connectivity index (χ1) is 8.10. The van der Waals surface area contributed by atoms with E-state index in [0.717, 1.165) is 10.7 Å². The largest absolute Gasteiger partial charge is 0.461 e. The van der Waals surface area contributed by atoms with E-state index in [1.165, 1.54) is 18.2 Å². The fourth-order valence-electron chi connectivity index (χ4n) is 1.12. The summed E-state index contributed by atoms with van der Waals surface area (Å²) in [7, 11) is 0. The topological polar surface area (TPSA) is 87.9 Å². The third-order valence-corrected chi connectivity index (χ3v) is 1.85. The van der Waals surface area contributed by atoms with E-state index < -0.39 is 11.5 Å². The molecule has 0 aliphatic heterocycles. The molecule has 0 aromatic carbocycles. The number of carbonyl (C=O) groups is 1. The van der Waals surface area contributed by atoms with Crippen LogP contribution in [0, 0.1) is 5.41 Å². The molecule has 0 unspecified atom stereocenters. The second-order valence-electron chi connectivity index (χ2n) is 3.04. The minimum Gasteiger partial charge on any atom is -0.461 e. The summed E-state index contributed by atoms with van der Waals surface area (Å²) in [5, 5.41) is 10.1. The van der Waals surface area contributed by atoms with Gasteiger partial charge < -0.3 is 4.74 Å². The Kier molecular flexibility index (Phi) is 4.21. The van der Waals surface area contributed by atoms with Crippen LogP contribution in [0.1, 0.15) is 17.4 Å². The molecule has 0 aliphatic carbocycles. The number of nitrogens with one attached hydrogen (secondary N) is 2. The first-order valence-corrected chi connectivity index (χ1v) is 4.97. The van der Waals surface area contributed by atoms with Crippen LogP contribution >= 0.6 is 0 Å². The summed E-state index contributed by atoms with van der Waals surface area (Å²) in [6, 6.07) is 1.09. The number of rotatable bonds is 4. The number of nitrogens with zero attached hydrogens (tertiary/aromatic N) is 1. The van der Waals surface area contributed by atoms with E-state index in [1.807, 2.05) is 0 Å². The first-order valence-electron chi connectivity index (χ1n) is 4.97. The van der Waals surface area contributed by atoms with Crippen LogP contribution in [-0.4, -0.2) is 28.2 Å². The monoisotopic (exact) mass is 235 g/mol. The molecule has 0 atom stereocenters. The standard InChI is InChI=1S/C11H13N3O3/c1-3-5-6-9(12)14-10(15)7-8(13-14)11(16)17-4-2/h3,5-7,12-13H,1,4H2,2H3/b6-5-,12-9?. The number of hydrogen-bond donors (Lipinski definition) is 2. The van der Waals surface area contributed by atoms with Crippen LogP contribution < -0.4 is 5.56 Å². The second kappa shape index (κ2) is 5.64. The quantitative estimate of drug-likeness (QED) is 0.352. The van der Waals surface area contributed by atoms with Gasteiger partial charge in [0, 0.05) is 6.07 Å². The van der Waals surface area contributed by atoms with Gasteiger partial charge in [-0.2, -0.15) is 0 Å². The molecule has 0 bridgehead atoms. The highest BCUT2D eigenvalue weighted by molar-refractivity contribution is 5.93. The van der Waals surface area contributed by atoms with E-state index >= 15 is 0 Å². The van der Waals surface area contributed by atoms with Crippen molar-refractivity contribution in [3.05, 3.63) is 46.9 Å². The third-order valence-electron chi connectivity index (χ3n) is 1.85. The van der Waals surface area contributed by atoms with Crippen molar-refractivity contribution >= 4 is 11.8 Å². The van der Waals surface area contributed by atoms with Crippen molar-refractivity contribution < 1.29 is 9.53 Å². The Labute approximate surface area is 97.7 Å². The van der Waals surface area contributed by atoms with Crippen LogP contribution in [0.4, 0.5) is 0 Å². The van der Waals surface area contributed by atoms with E-state index in [0.29, 0.717) is 0 Å². The Morgan fingerprint density at radius 1 is 1.71 bits per heavy atom. The average molecular weight is 235 g/mol. The van der Waals surface area contributed by atoms with Crippen LogP contribution in [0.3, 0.4) is 0 Å². The van der Waals surface area contributed by atoms with Crippen LogP contribution in [-0.2, 0) is 4.74 Å². The van der Waals surface area contributed by atoms with E-state index in [4.69, 9.17) is 10.1 Å². The summed E-state index contributed by atoms with van der Waals surface area (Å²) in [4.78, 5) is 22.8. The highest BCUT2D eigenvalue weighted by atomic mass is 16.5. The van der Waals surface area contributed by atoms with E-state index in [-0.39, 0.29) is 18.1 Å². The summed E-state index contributed by atoms with van der Waals surface area (Å²) in [6.45, 7) is 5.34. The molecule has 0 aliphatic rings. The fourth-order valence-corrected chi connectivity index (χ4v) is 1.12. The molecule has 1 aromatic heterocycles. The number of carbonyl (C=O) groups excluding carboxylic acids is 1. The zero-order valence-corrected chi connectivity index (χ0v) is 9.40. The lowest BCUT2D eigenvalue weighted by molar-refractivity contribution is 0.0519. The lowest BCUT2D eigenvalue weighted by atomic mass is 10.4. The number of ether oxygens (including phenoxy) is 1. The third kappa shape index (κ3) is 3.04. The Hall–Kier alpha value is -2.37. The van der Waals surface area contributed by atoms with Crippen molar-refractivity contribution in [2.45, 2.75) is 6.92 Å². The van der Waals surface area contributed by atoms with Gasteiger partial charge in [-0.15, -0.1) is 0 Å². The SMILES string of the molecule is C=C/C=C\C(=N)n1[nH]c(C(=O)OCC)cc1=O. The molecule has 0 saturated carbocycles. The maximum Gasteiger partial charge on any atom is 0.356 e. The van der Waals surface area contributed by atoms with Gasteiger partial charge in [0.05, 0.1) is 6.61 Å². The molecule has 0 fully saturated rings. The van der Waals surface area contributed by atoms with Crippen LogP contribution in [0.15, 0.2) is 35.7 Å². The van der Waals surface area contributed by atoms with E-state index in [2.05, 4.69) is 11.7 Å². The van der Waals surface area contributed by atoms with Crippen molar-refractivity contribution in [2.24, 2.45) is 0 Å². The number of hydrogen-bond acceptors (Lipinski definition) is 4. The smallest absolute Gasteiger partial charge is 0.356 e. The zero-order valence-electron chi connectivity index (χ0n) is 9.40. The molecule has 17 heavy (non-hydrogen) atoms. The molecule has 6 nitrogen and oxygen atoms in total. The Balaban J connectivity index is 3.00. The molecule has 1 aromatic rings. The van der Waals surface area contributed by atoms with E-state index in [1.54, 1.807) is 6.92 Å². The van der Waals surface area contributed by atoms with Crippen molar-refractivity contribution in [2.75, 3.05) is 6.61 Å². The number of esters is 1. The predicted molar refractivity (Wildman–Crippen MR) is 63.5 cm³/mol. The molecule has 0 radical (unpaired) electrons. The number of H-pyrrole nitrogens is 1. The van der Waals surface area contributed by atoms with Crippen molar-refractivity contribution in [1.29, 1.82) is 5.41 Å². The molecule has 0 amide bonds. The molecule has 0 saturated heterocycles. The van der Waals surface area contributed by atoms with Crippen LogP contribution in [0.2, 0.25) is 0 Å². The molecule has 6 heteroatoms. The second-order valence-corrected chi connectivity index (χ2v) is 3.04. The summed E-state index contributed by atoms with van der Waals surface area (Å²) >= 11 is 0. The highest BCUT2D eigenvalue weighted by Crippen LogP contribution is 1.95. The van der Waals surface area contributed by atoms with Crippen LogP contribution in [0.5, 0.6) is 0 Å². The van der Waals surface area contributed by atoms with Gasteiger partial charge in [0.15, 0.2) is 0 Å². The summed E-state index contributed by atoms with van der Waals surface area (Å²) in [5.74, 6) is -0.714. The minimum absolute atomic E-state index is 0.0219. The van der Waals surface area contributed by atoms with Gasteiger partial charge in [0.1, 0.15) is 11.5 Å². The number of aromatic amines is 1. The van der Waals surface area contributed by atoms with Gasteiger partial charge in [0.25, 0.3) is 5.56 Å². The maximum absolute atomic E-state index is 11.5. The molecule has 1 rings (SSSR count). The molecule has 0 spiro atoms. The van der Waals surface area contributed by atoms with Gasteiger partial charge >= 0.3 is 5.97 Å². The predicted octanol–water partition coefficient (Wildman–Crippen LogP) is 0.921. The van der Waals surface area contributed by atoms with Gasteiger partial charge in [-0.3, -0.25) is 15.3 Å². The van der Waals surface area contributed by atoms with Crippen molar-refractivity contribution in [3.63, 3.8) is 0 Å². The van der Waals surface area contributed by atoms with Crippen molar-refractivity contribution in [1.82, 2.24) is 9.78 Å². The minimum atomic E-state index is -0.621. The lowest BCUT2D eigenvalue weighted by Gasteiger charge is -1.99. The molecule has 1 heterocycles. The number of aromatic nitrogens is 2. The maximum atomic E-state index is 11.5. The number of allylic oxidation sites excluding steroid dienone is 3. The van der Waals surface area contributed by atoms with Gasteiger partial charge in [-0.1, -0.05) is 18.7 Å². The molecular formula is C11H13N3O3.